The molecule has 3 N–H and O–H groups in total. The van der Waals surface area contributed by atoms with Crippen LogP contribution >= 0.6 is 0 Å². The summed E-state index contributed by atoms with van der Waals surface area (Å²) >= 11 is 0. The third-order valence-electron chi connectivity index (χ3n) is 4.14. The minimum atomic E-state index is -0.109. The highest BCUT2D eigenvalue weighted by atomic mass is 16.2. The molecule has 0 atom stereocenters. The standard InChI is InChI=1S/C22H22N4O2/c1-15-5-3-4-6-17(15)13-22(28)26-20-11-12-21(23-14-20)25-19-9-7-18(8-10-19)24-16(2)27/h3-12,14H,13H2,1-2H3,(H,23,25)(H,24,27)(H,26,28). The van der Waals surface area contributed by atoms with E-state index in [9.17, 15) is 9.59 Å². The van der Waals surface area contributed by atoms with Crippen LogP contribution in [0.5, 0.6) is 0 Å². The van der Waals surface area contributed by atoms with E-state index >= 15 is 0 Å². The van der Waals surface area contributed by atoms with Gasteiger partial charge in [-0.15, -0.1) is 0 Å². The number of aromatic nitrogens is 1. The number of aryl methyl sites for hydroxylation is 1. The molecular weight excluding hydrogens is 352 g/mol. The van der Waals surface area contributed by atoms with Crippen molar-refractivity contribution in [1.29, 1.82) is 0 Å². The fourth-order valence-electron chi connectivity index (χ4n) is 2.72. The van der Waals surface area contributed by atoms with Gasteiger partial charge in [0.2, 0.25) is 11.8 Å². The van der Waals surface area contributed by atoms with E-state index in [4.69, 9.17) is 0 Å². The van der Waals surface area contributed by atoms with Crippen LogP contribution in [0.2, 0.25) is 0 Å². The zero-order valence-electron chi connectivity index (χ0n) is 15.8. The smallest absolute Gasteiger partial charge is 0.228 e. The Bertz CT molecular complexity index is 967. The van der Waals surface area contributed by atoms with Gasteiger partial charge in [-0.25, -0.2) is 4.98 Å². The van der Waals surface area contributed by atoms with Gasteiger partial charge in [-0.1, -0.05) is 24.3 Å². The molecule has 0 aliphatic carbocycles. The van der Waals surface area contributed by atoms with Gasteiger partial charge in [0.1, 0.15) is 5.82 Å². The van der Waals surface area contributed by atoms with Crippen LogP contribution < -0.4 is 16.0 Å². The number of nitrogens with zero attached hydrogens (tertiary/aromatic N) is 1. The summed E-state index contributed by atoms with van der Waals surface area (Å²) in [6.07, 6.45) is 1.94. The van der Waals surface area contributed by atoms with Crippen LogP contribution in [0.25, 0.3) is 0 Å². The predicted octanol–water partition coefficient (Wildman–Crippen LogP) is 4.27. The third kappa shape index (κ3) is 5.41. The van der Waals surface area contributed by atoms with Crippen molar-refractivity contribution in [1.82, 2.24) is 4.98 Å². The highest BCUT2D eigenvalue weighted by Crippen LogP contribution is 2.19. The fraction of sp³-hybridized carbons (Fsp3) is 0.136. The largest absolute Gasteiger partial charge is 0.340 e. The lowest BCUT2D eigenvalue weighted by atomic mass is 10.1. The van der Waals surface area contributed by atoms with Gasteiger partial charge >= 0.3 is 0 Å². The Labute approximate surface area is 164 Å². The van der Waals surface area contributed by atoms with Crippen LogP contribution in [0, 0.1) is 6.92 Å². The Balaban J connectivity index is 1.56. The molecule has 0 spiro atoms. The molecule has 0 radical (unpaired) electrons. The second-order valence-corrected chi connectivity index (χ2v) is 6.47. The highest BCUT2D eigenvalue weighted by Gasteiger charge is 2.06. The molecule has 1 heterocycles. The van der Waals surface area contributed by atoms with Gasteiger partial charge in [0.15, 0.2) is 0 Å². The quantitative estimate of drug-likeness (QED) is 0.602. The maximum absolute atomic E-state index is 12.2. The number of benzene rings is 2. The van der Waals surface area contributed by atoms with Crippen molar-refractivity contribution in [3.05, 3.63) is 78.0 Å². The number of anilines is 4. The van der Waals surface area contributed by atoms with Gasteiger partial charge < -0.3 is 16.0 Å². The Morgan fingerprint density at radius 2 is 1.54 bits per heavy atom. The first-order valence-corrected chi connectivity index (χ1v) is 8.95. The lowest BCUT2D eigenvalue weighted by Gasteiger charge is -2.09. The predicted molar refractivity (Wildman–Crippen MR) is 112 cm³/mol. The van der Waals surface area contributed by atoms with E-state index < -0.39 is 0 Å². The average Bonchev–Trinajstić information content (AvgIpc) is 2.66. The van der Waals surface area contributed by atoms with Crippen molar-refractivity contribution < 1.29 is 9.59 Å². The monoisotopic (exact) mass is 374 g/mol. The molecule has 2 aromatic carbocycles. The van der Waals surface area contributed by atoms with Crippen molar-refractivity contribution in [2.75, 3.05) is 16.0 Å². The molecular formula is C22H22N4O2. The molecule has 28 heavy (non-hydrogen) atoms. The summed E-state index contributed by atoms with van der Waals surface area (Å²) in [7, 11) is 0. The van der Waals surface area contributed by atoms with Crippen LogP contribution in [0.3, 0.4) is 0 Å². The minimum Gasteiger partial charge on any atom is -0.340 e. The highest BCUT2D eigenvalue weighted by molar-refractivity contribution is 5.92. The van der Waals surface area contributed by atoms with E-state index in [-0.39, 0.29) is 11.8 Å². The number of amides is 2. The van der Waals surface area contributed by atoms with E-state index in [0.29, 0.717) is 17.9 Å². The van der Waals surface area contributed by atoms with Gasteiger partial charge in [-0.3, -0.25) is 9.59 Å². The second kappa shape index (κ2) is 8.81. The number of nitrogens with one attached hydrogen (secondary N) is 3. The van der Waals surface area contributed by atoms with Crippen molar-refractivity contribution in [3.8, 4) is 0 Å². The number of hydrogen-bond donors (Lipinski definition) is 3. The summed E-state index contributed by atoms with van der Waals surface area (Å²) in [5.74, 6) is 0.469. The number of hydrogen-bond acceptors (Lipinski definition) is 4. The SMILES string of the molecule is CC(=O)Nc1ccc(Nc2ccc(NC(=O)Cc3ccccc3C)cn2)cc1. The van der Waals surface area contributed by atoms with E-state index in [2.05, 4.69) is 20.9 Å². The molecule has 142 valence electrons. The maximum Gasteiger partial charge on any atom is 0.228 e. The Morgan fingerprint density at radius 1 is 0.857 bits per heavy atom. The molecule has 3 rings (SSSR count). The molecule has 2 amide bonds. The normalized spacial score (nSPS) is 10.2. The summed E-state index contributed by atoms with van der Waals surface area (Å²) < 4.78 is 0. The summed E-state index contributed by atoms with van der Waals surface area (Å²) in [6, 6.07) is 18.8. The van der Waals surface area contributed by atoms with Gasteiger partial charge in [0, 0.05) is 18.3 Å². The van der Waals surface area contributed by atoms with Crippen molar-refractivity contribution in [2.45, 2.75) is 20.3 Å². The molecule has 6 heteroatoms. The Morgan fingerprint density at radius 3 is 2.18 bits per heavy atom. The molecule has 0 aliphatic heterocycles. The van der Waals surface area contributed by atoms with Crippen molar-refractivity contribution in [3.63, 3.8) is 0 Å². The van der Waals surface area contributed by atoms with Crippen LogP contribution in [0.1, 0.15) is 18.1 Å². The van der Waals surface area contributed by atoms with Crippen molar-refractivity contribution in [2.24, 2.45) is 0 Å². The number of pyridine rings is 1. The first-order chi connectivity index (χ1) is 13.5. The summed E-state index contributed by atoms with van der Waals surface area (Å²) in [5.41, 5.74) is 4.33. The minimum absolute atomic E-state index is 0.0784. The van der Waals surface area contributed by atoms with Crippen LogP contribution in [-0.2, 0) is 16.0 Å². The molecule has 6 nitrogen and oxygen atoms in total. The van der Waals surface area contributed by atoms with E-state index in [1.807, 2.05) is 55.5 Å². The third-order valence-corrected chi connectivity index (χ3v) is 4.14. The maximum atomic E-state index is 12.2. The Kier molecular flexibility index (Phi) is 6.01. The van der Waals surface area contributed by atoms with E-state index in [0.717, 1.165) is 22.5 Å². The first-order valence-electron chi connectivity index (χ1n) is 8.95. The van der Waals surface area contributed by atoms with Gasteiger partial charge in [-0.05, 0) is 54.4 Å². The molecule has 0 aliphatic rings. The summed E-state index contributed by atoms with van der Waals surface area (Å²) in [5, 5.41) is 8.76. The van der Waals surface area contributed by atoms with Crippen molar-refractivity contribution >= 4 is 34.7 Å². The fourth-order valence-corrected chi connectivity index (χ4v) is 2.72. The van der Waals surface area contributed by atoms with Gasteiger partial charge in [0.25, 0.3) is 0 Å². The van der Waals surface area contributed by atoms with Gasteiger partial charge in [-0.2, -0.15) is 0 Å². The zero-order chi connectivity index (χ0) is 19.9. The lowest BCUT2D eigenvalue weighted by Crippen LogP contribution is -2.15. The molecule has 0 unspecified atom stereocenters. The number of rotatable bonds is 6. The van der Waals surface area contributed by atoms with Crippen LogP contribution in [-0.4, -0.2) is 16.8 Å². The molecule has 3 aromatic rings. The summed E-state index contributed by atoms with van der Waals surface area (Å²) in [4.78, 5) is 27.6. The van der Waals surface area contributed by atoms with Gasteiger partial charge in [0.05, 0.1) is 18.3 Å². The Hall–Kier alpha value is -3.67. The topological polar surface area (TPSA) is 83.1 Å². The second-order valence-electron chi connectivity index (χ2n) is 6.47. The molecule has 0 fully saturated rings. The zero-order valence-corrected chi connectivity index (χ0v) is 15.8. The van der Waals surface area contributed by atoms with Crippen LogP contribution in [0.4, 0.5) is 22.9 Å². The first kappa shape index (κ1) is 19.1. The van der Waals surface area contributed by atoms with E-state index in [1.165, 1.54) is 6.92 Å². The number of carbonyl (C=O) groups is 2. The lowest BCUT2D eigenvalue weighted by molar-refractivity contribution is -0.116. The molecule has 0 saturated carbocycles. The molecule has 1 aromatic heterocycles. The number of carbonyl (C=O) groups excluding carboxylic acids is 2. The van der Waals surface area contributed by atoms with Crippen LogP contribution in [0.15, 0.2) is 66.9 Å². The average molecular weight is 374 g/mol. The molecule has 0 saturated heterocycles. The summed E-state index contributed by atoms with van der Waals surface area (Å²) in [6.45, 7) is 3.46. The van der Waals surface area contributed by atoms with E-state index in [1.54, 1.807) is 18.3 Å². The molecule has 0 bridgehead atoms.